The van der Waals surface area contributed by atoms with Crippen molar-refractivity contribution in [3.8, 4) is 0 Å². The summed E-state index contributed by atoms with van der Waals surface area (Å²) in [6.45, 7) is 6.64. The third-order valence-electron chi connectivity index (χ3n) is 3.79. The molecule has 1 atom stereocenters. The Morgan fingerprint density at radius 2 is 2.32 bits per heavy atom. The van der Waals surface area contributed by atoms with E-state index in [-0.39, 0.29) is 11.1 Å². The highest BCUT2D eigenvalue weighted by Crippen LogP contribution is 2.41. The van der Waals surface area contributed by atoms with Crippen molar-refractivity contribution in [3.63, 3.8) is 0 Å². The topological polar surface area (TPSA) is 63.3 Å². The lowest BCUT2D eigenvalue weighted by atomic mass is 9.68. The van der Waals surface area contributed by atoms with Gasteiger partial charge in [0, 0.05) is 12.0 Å². The molecule has 0 radical (unpaired) electrons. The van der Waals surface area contributed by atoms with E-state index < -0.39 is 5.97 Å². The van der Waals surface area contributed by atoms with Gasteiger partial charge in [-0.25, -0.2) is 4.79 Å². The molecular weight excluding hydrogens is 242 g/mol. The number of aromatic nitrogens is 1. The number of carboxylic acids is 1. The van der Waals surface area contributed by atoms with E-state index in [1.807, 2.05) is 6.08 Å². The van der Waals surface area contributed by atoms with E-state index in [1.165, 1.54) is 11.6 Å². The predicted molar refractivity (Wildman–Crippen MR) is 72.8 cm³/mol. The molecule has 1 N–H and O–H groups in total. The van der Waals surface area contributed by atoms with Gasteiger partial charge in [-0.2, -0.15) is 0 Å². The third kappa shape index (κ3) is 2.95. The highest BCUT2D eigenvalue weighted by atomic mass is 16.5. The van der Waals surface area contributed by atoms with Crippen LogP contribution in [0.2, 0.25) is 0 Å². The van der Waals surface area contributed by atoms with E-state index >= 15 is 0 Å². The molecule has 1 aromatic heterocycles. The Morgan fingerprint density at radius 3 is 2.89 bits per heavy atom. The number of carboxylic acid groups (broad SMARTS) is 1. The first-order valence-electron chi connectivity index (χ1n) is 6.45. The number of rotatable bonds is 3. The number of aromatic carboxylic acids is 1. The summed E-state index contributed by atoms with van der Waals surface area (Å²) < 4.78 is 4.98. The van der Waals surface area contributed by atoms with Crippen molar-refractivity contribution in [1.82, 2.24) is 5.16 Å². The lowest BCUT2D eigenvalue weighted by Gasteiger charge is -2.36. The largest absolute Gasteiger partial charge is 0.476 e. The Morgan fingerprint density at radius 1 is 1.58 bits per heavy atom. The van der Waals surface area contributed by atoms with Crippen LogP contribution in [0.3, 0.4) is 0 Å². The molecule has 0 bridgehead atoms. The van der Waals surface area contributed by atoms with E-state index in [0.717, 1.165) is 12.8 Å². The smallest absolute Gasteiger partial charge is 0.358 e. The Bertz CT molecular complexity index is 537. The molecule has 0 spiro atoms. The lowest BCUT2D eigenvalue weighted by molar-refractivity contribution is 0.0685. The molecule has 0 aromatic carbocycles. The molecule has 1 aliphatic carbocycles. The SMILES string of the molecule is CC1=CCCC(C)(C)C1/C=C/c1cc(C(=O)O)no1. The second kappa shape index (κ2) is 5.03. The van der Waals surface area contributed by atoms with Gasteiger partial charge in [0.25, 0.3) is 0 Å². The number of hydrogen-bond donors (Lipinski definition) is 1. The summed E-state index contributed by atoms with van der Waals surface area (Å²) >= 11 is 0. The standard InChI is InChI=1S/C15H19NO3/c1-10-5-4-8-15(2,3)12(10)7-6-11-9-13(14(17)18)16-19-11/h5-7,9,12H,4,8H2,1-3H3,(H,17,18)/b7-6+. The zero-order valence-electron chi connectivity index (χ0n) is 11.5. The first kappa shape index (κ1) is 13.6. The molecule has 0 aliphatic heterocycles. The van der Waals surface area contributed by atoms with Crippen LogP contribution < -0.4 is 0 Å². The summed E-state index contributed by atoms with van der Waals surface area (Å²) in [5.74, 6) is -0.247. The van der Waals surface area contributed by atoms with Gasteiger partial charge in [-0.15, -0.1) is 0 Å². The van der Waals surface area contributed by atoms with Crippen LogP contribution in [-0.4, -0.2) is 16.2 Å². The monoisotopic (exact) mass is 261 g/mol. The fraction of sp³-hybridized carbons (Fsp3) is 0.467. The number of carbonyl (C=O) groups is 1. The Hall–Kier alpha value is -1.84. The minimum absolute atomic E-state index is 0.0604. The van der Waals surface area contributed by atoms with E-state index in [4.69, 9.17) is 9.63 Å². The molecular formula is C15H19NO3. The van der Waals surface area contributed by atoms with Crippen molar-refractivity contribution in [2.24, 2.45) is 11.3 Å². The van der Waals surface area contributed by atoms with Gasteiger partial charge in [-0.3, -0.25) is 0 Å². The Kier molecular flexibility index (Phi) is 3.60. The van der Waals surface area contributed by atoms with Crippen LogP contribution in [0.15, 0.2) is 28.3 Å². The maximum atomic E-state index is 10.7. The van der Waals surface area contributed by atoms with Crippen LogP contribution >= 0.6 is 0 Å². The molecule has 0 saturated heterocycles. The van der Waals surface area contributed by atoms with Crippen LogP contribution in [0.1, 0.15) is 49.9 Å². The summed E-state index contributed by atoms with van der Waals surface area (Å²) in [7, 11) is 0. The molecule has 0 amide bonds. The van der Waals surface area contributed by atoms with E-state index in [0.29, 0.717) is 11.7 Å². The quantitative estimate of drug-likeness (QED) is 0.841. The van der Waals surface area contributed by atoms with Crippen molar-refractivity contribution >= 4 is 12.0 Å². The van der Waals surface area contributed by atoms with E-state index in [2.05, 4.69) is 38.1 Å². The molecule has 4 nitrogen and oxygen atoms in total. The summed E-state index contributed by atoms with van der Waals surface area (Å²) in [6.07, 6.45) is 8.43. The minimum atomic E-state index is -1.07. The zero-order chi connectivity index (χ0) is 14.0. The van der Waals surface area contributed by atoms with Gasteiger partial charge in [0.1, 0.15) is 0 Å². The lowest BCUT2D eigenvalue weighted by Crippen LogP contribution is -2.26. The molecule has 102 valence electrons. The normalized spacial score (nSPS) is 22.5. The first-order chi connectivity index (χ1) is 8.90. The van der Waals surface area contributed by atoms with Gasteiger partial charge < -0.3 is 9.63 Å². The van der Waals surface area contributed by atoms with Gasteiger partial charge in [-0.1, -0.05) is 36.7 Å². The third-order valence-corrected chi connectivity index (χ3v) is 3.79. The van der Waals surface area contributed by atoms with Gasteiger partial charge in [-0.05, 0) is 31.3 Å². The molecule has 1 heterocycles. The Balaban J connectivity index is 2.18. The summed E-state index contributed by atoms with van der Waals surface area (Å²) in [5.41, 5.74) is 1.51. The summed E-state index contributed by atoms with van der Waals surface area (Å²) in [6, 6.07) is 1.44. The summed E-state index contributed by atoms with van der Waals surface area (Å²) in [4.78, 5) is 10.7. The van der Waals surface area contributed by atoms with Crippen LogP contribution in [-0.2, 0) is 0 Å². The van der Waals surface area contributed by atoms with Crippen molar-refractivity contribution in [2.75, 3.05) is 0 Å². The van der Waals surface area contributed by atoms with Crippen molar-refractivity contribution in [3.05, 3.63) is 35.2 Å². The molecule has 1 aromatic rings. The molecule has 2 rings (SSSR count). The van der Waals surface area contributed by atoms with Gasteiger partial charge in [0.05, 0.1) is 0 Å². The van der Waals surface area contributed by atoms with Crippen LogP contribution in [0, 0.1) is 11.3 Å². The molecule has 4 heteroatoms. The van der Waals surface area contributed by atoms with E-state index in [1.54, 1.807) is 0 Å². The zero-order valence-corrected chi connectivity index (χ0v) is 11.5. The Labute approximate surface area is 112 Å². The van der Waals surface area contributed by atoms with Crippen molar-refractivity contribution in [1.29, 1.82) is 0 Å². The van der Waals surface area contributed by atoms with Crippen molar-refractivity contribution < 1.29 is 14.4 Å². The average Bonchev–Trinajstić information content (AvgIpc) is 2.76. The van der Waals surface area contributed by atoms with Gasteiger partial charge in [0.15, 0.2) is 11.5 Å². The molecule has 19 heavy (non-hydrogen) atoms. The van der Waals surface area contributed by atoms with Crippen LogP contribution in [0.25, 0.3) is 6.08 Å². The molecule has 0 fully saturated rings. The number of allylic oxidation sites excluding steroid dienone is 3. The fourth-order valence-corrected chi connectivity index (χ4v) is 2.64. The van der Waals surface area contributed by atoms with Crippen LogP contribution in [0.5, 0.6) is 0 Å². The highest BCUT2D eigenvalue weighted by molar-refractivity contribution is 5.85. The first-order valence-corrected chi connectivity index (χ1v) is 6.45. The molecule has 1 aliphatic rings. The molecule has 1 unspecified atom stereocenters. The van der Waals surface area contributed by atoms with Crippen LogP contribution in [0.4, 0.5) is 0 Å². The number of nitrogens with zero attached hydrogens (tertiary/aromatic N) is 1. The molecule has 0 saturated carbocycles. The fourth-order valence-electron chi connectivity index (χ4n) is 2.64. The minimum Gasteiger partial charge on any atom is -0.476 e. The predicted octanol–water partition coefficient (Wildman–Crippen LogP) is 3.77. The highest BCUT2D eigenvalue weighted by Gasteiger charge is 2.30. The van der Waals surface area contributed by atoms with Gasteiger partial charge >= 0.3 is 5.97 Å². The second-order valence-corrected chi connectivity index (χ2v) is 5.73. The number of hydrogen-bond acceptors (Lipinski definition) is 3. The maximum Gasteiger partial charge on any atom is 0.358 e. The van der Waals surface area contributed by atoms with E-state index in [9.17, 15) is 4.79 Å². The van der Waals surface area contributed by atoms with Gasteiger partial charge in [0.2, 0.25) is 0 Å². The average molecular weight is 261 g/mol. The summed E-state index contributed by atoms with van der Waals surface area (Å²) in [5, 5.41) is 12.3. The van der Waals surface area contributed by atoms with Crippen molar-refractivity contribution in [2.45, 2.75) is 33.6 Å². The maximum absolute atomic E-state index is 10.7. The second-order valence-electron chi connectivity index (χ2n) is 5.73.